The van der Waals surface area contributed by atoms with Crippen LogP contribution in [0.5, 0.6) is 0 Å². The number of aromatic nitrogens is 3. The summed E-state index contributed by atoms with van der Waals surface area (Å²) in [7, 11) is 0. The van der Waals surface area contributed by atoms with Crippen molar-refractivity contribution < 1.29 is 4.79 Å². The molecule has 0 unspecified atom stereocenters. The molecule has 1 N–H and O–H groups in total. The van der Waals surface area contributed by atoms with Crippen LogP contribution in [0.2, 0.25) is 0 Å². The smallest absolute Gasteiger partial charge is 0.255 e. The van der Waals surface area contributed by atoms with Crippen molar-refractivity contribution in [2.24, 2.45) is 0 Å². The minimum Gasteiger partial charge on any atom is -0.372 e. The summed E-state index contributed by atoms with van der Waals surface area (Å²) in [5.74, 6) is -0.133. The second kappa shape index (κ2) is 7.15. The molecule has 6 nitrogen and oxygen atoms in total. The van der Waals surface area contributed by atoms with Gasteiger partial charge in [0.1, 0.15) is 6.33 Å². The van der Waals surface area contributed by atoms with Gasteiger partial charge in [-0.3, -0.25) is 4.79 Å². The van der Waals surface area contributed by atoms with E-state index in [9.17, 15) is 4.79 Å². The van der Waals surface area contributed by atoms with Crippen LogP contribution in [0.15, 0.2) is 42.9 Å². The van der Waals surface area contributed by atoms with Crippen molar-refractivity contribution in [1.29, 1.82) is 0 Å². The Morgan fingerprint density at radius 2 is 1.77 bits per heavy atom. The fourth-order valence-corrected chi connectivity index (χ4v) is 3.47. The summed E-state index contributed by atoms with van der Waals surface area (Å²) in [6.45, 7) is 4.14. The van der Waals surface area contributed by atoms with E-state index in [0.717, 1.165) is 18.7 Å². The lowest BCUT2D eigenvalue weighted by Crippen LogP contribution is -2.23. The van der Waals surface area contributed by atoms with Crippen LogP contribution in [-0.4, -0.2) is 33.6 Å². The monoisotopic (exact) mass is 349 g/mol. The van der Waals surface area contributed by atoms with Crippen molar-refractivity contribution in [3.63, 3.8) is 0 Å². The van der Waals surface area contributed by atoms with Gasteiger partial charge < -0.3 is 10.2 Å². The highest BCUT2D eigenvalue weighted by molar-refractivity contribution is 6.06. The number of nitrogens with zero attached hydrogens (tertiary/aromatic N) is 4. The van der Waals surface area contributed by atoms with Crippen LogP contribution in [0.3, 0.4) is 0 Å². The van der Waals surface area contributed by atoms with E-state index in [1.807, 2.05) is 43.5 Å². The van der Waals surface area contributed by atoms with E-state index in [4.69, 9.17) is 0 Å². The van der Waals surface area contributed by atoms with Crippen LogP contribution < -0.4 is 10.2 Å². The number of aryl methyl sites for hydroxylation is 1. The molecule has 0 radical (unpaired) electrons. The molecule has 0 aliphatic carbocycles. The van der Waals surface area contributed by atoms with Gasteiger partial charge in [-0.1, -0.05) is 12.8 Å². The van der Waals surface area contributed by atoms with Gasteiger partial charge >= 0.3 is 0 Å². The van der Waals surface area contributed by atoms with E-state index in [-0.39, 0.29) is 5.91 Å². The summed E-state index contributed by atoms with van der Waals surface area (Å²) in [6.07, 6.45) is 8.42. The van der Waals surface area contributed by atoms with Gasteiger partial charge in [-0.05, 0) is 55.7 Å². The highest BCUT2D eigenvalue weighted by Gasteiger charge is 2.14. The molecule has 1 saturated heterocycles. The van der Waals surface area contributed by atoms with Crippen LogP contribution in [-0.2, 0) is 0 Å². The Bertz CT molecular complexity index is 908. The minimum atomic E-state index is -0.133. The summed E-state index contributed by atoms with van der Waals surface area (Å²) in [4.78, 5) is 19.3. The number of anilines is 2. The molecular weight excluding hydrogens is 326 g/mol. The number of carbonyl (C=O) groups is 1. The third-order valence-corrected chi connectivity index (χ3v) is 5.00. The number of hydrogen-bond acceptors (Lipinski definition) is 4. The first kappa shape index (κ1) is 16.6. The van der Waals surface area contributed by atoms with Crippen molar-refractivity contribution in [3.05, 3.63) is 54.0 Å². The number of hydrogen-bond donors (Lipinski definition) is 1. The van der Waals surface area contributed by atoms with Crippen molar-refractivity contribution in [3.8, 4) is 0 Å². The van der Waals surface area contributed by atoms with Gasteiger partial charge in [-0.25, -0.2) is 9.50 Å². The van der Waals surface area contributed by atoms with E-state index in [1.54, 1.807) is 4.52 Å². The van der Waals surface area contributed by atoms with Crippen LogP contribution >= 0.6 is 0 Å². The zero-order chi connectivity index (χ0) is 17.9. The normalized spacial score (nSPS) is 15.0. The number of benzene rings is 1. The van der Waals surface area contributed by atoms with Gasteiger partial charge in [0, 0.05) is 30.5 Å². The van der Waals surface area contributed by atoms with Gasteiger partial charge in [0.2, 0.25) is 0 Å². The van der Waals surface area contributed by atoms with Crippen LogP contribution in [0.4, 0.5) is 11.4 Å². The fraction of sp³-hybridized carbons (Fsp3) is 0.350. The first-order valence-corrected chi connectivity index (χ1v) is 9.18. The maximum absolute atomic E-state index is 12.7. The molecule has 1 aliphatic heterocycles. The predicted molar refractivity (Wildman–Crippen MR) is 103 cm³/mol. The summed E-state index contributed by atoms with van der Waals surface area (Å²) >= 11 is 0. The fourth-order valence-electron chi connectivity index (χ4n) is 3.47. The molecular formula is C20H23N5O. The second-order valence-electron chi connectivity index (χ2n) is 6.80. The summed E-state index contributed by atoms with van der Waals surface area (Å²) in [5.41, 5.74) is 4.15. The van der Waals surface area contributed by atoms with Crippen LogP contribution in [0.25, 0.3) is 5.65 Å². The van der Waals surface area contributed by atoms with E-state index < -0.39 is 0 Å². The number of amides is 1. The van der Waals surface area contributed by atoms with E-state index >= 15 is 0 Å². The molecule has 0 atom stereocenters. The number of carbonyl (C=O) groups excluding carboxylic acids is 1. The van der Waals surface area contributed by atoms with E-state index in [0.29, 0.717) is 16.9 Å². The van der Waals surface area contributed by atoms with Gasteiger partial charge in [0.25, 0.3) is 5.91 Å². The van der Waals surface area contributed by atoms with Gasteiger partial charge in [0.05, 0.1) is 5.69 Å². The van der Waals surface area contributed by atoms with Gasteiger partial charge in [0.15, 0.2) is 5.65 Å². The Labute approximate surface area is 152 Å². The highest BCUT2D eigenvalue weighted by Crippen LogP contribution is 2.22. The van der Waals surface area contributed by atoms with Crippen molar-refractivity contribution in [2.75, 3.05) is 23.3 Å². The van der Waals surface area contributed by atoms with E-state index in [1.165, 1.54) is 37.7 Å². The van der Waals surface area contributed by atoms with E-state index in [2.05, 4.69) is 20.3 Å². The third kappa shape index (κ3) is 3.27. The molecule has 0 bridgehead atoms. The molecule has 0 spiro atoms. The molecule has 1 aromatic carbocycles. The zero-order valence-corrected chi connectivity index (χ0v) is 15.0. The average Bonchev–Trinajstić information content (AvgIpc) is 2.97. The number of fused-ring (bicyclic) bond motifs is 1. The van der Waals surface area contributed by atoms with Gasteiger partial charge in [-0.2, -0.15) is 5.10 Å². The first-order valence-electron chi connectivity index (χ1n) is 9.18. The second-order valence-corrected chi connectivity index (χ2v) is 6.80. The largest absolute Gasteiger partial charge is 0.372 e. The van der Waals surface area contributed by atoms with Crippen LogP contribution in [0, 0.1) is 6.92 Å². The Hall–Kier alpha value is -2.89. The molecule has 3 heterocycles. The maximum Gasteiger partial charge on any atom is 0.255 e. The molecule has 4 rings (SSSR count). The molecule has 26 heavy (non-hydrogen) atoms. The van der Waals surface area contributed by atoms with Crippen LogP contribution in [0.1, 0.15) is 41.6 Å². The maximum atomic E-state index is 12.7. The van der Waals surface area contributed by atoms with Crippen molar-refractivity contribution in [2.45, 2.75) is 32.6 Å². The number of nitrogens with one attached hydrogen (secondary N) is 1. The summed E-state index contributed by atoms with van der Waals surface area (Å²) in [6, 6.07) is 9.80. The molecule has 1 amide bonds. The zero-order valence-electron chi connectivity index (χ0n) is 15.0. The first-order chi connectivity index (χ1) is 12.7. The van der Waals surface area contributed by atoms with Gasteiger partial charge in [-0.15, -0.1) is 0 Å². The van der Waals surface area contributed by atoms with Crippen molar-refractivity contribution in [1.82, 2.24) is 14.6 Å². The number of rotatable bonds is 3. The Kier molecular flexibility index (Phi) is 4.56. The molecule has 1 fully saturated rings. The lowest BCUT2D eigenvalue weighted by atomic mass is 10.1. The number of pyridine rings is 1. The lowest BCUT2D eigenvalue weighted by molar-refractivity contribution is 0.102. The molecule has 6 heteroatoms. The molecule has 2 aromatic heterocycles. The Morgan fingerprint density at radius 3 is 2.50 bits per heavy atom. The standard InChI is InChI=1S/C20H23N5O/c1-15-10-13-25-19(21-14-22-25)18(15)23-20(26)16-6-8-17(9-7-16)24-11-4-2-3-5-12-24/h6-10,13-14H,2-5,11-12H2,1H3,(H,23,26). The molecule has 134 valence electrons. The molecule has 1 aliphatic rings. The van der Waals surface area contributed by atoms with Crippen molar-refractivity contribution >= 4 is 22.9 Å². The summed E-state index contributed by atoms with van der Waals surface area (Å²) < 4.78 is 1.66. The Morgan fingerprint density at radius 1 is 1.04 bits per heavy atom. The topological polar surface area (TPSA) is 62.5 Å². The Balaban J connectivity index is 1.53. The molecule has 3 aromatic rings. The average molecular weight is 349 g/mol. The highest BCUT2D eigenvalue weighted by atomic mass is 16.1. The molecule has 0 saturated carbocycles. The lowest BCUT2D eigenvalue weighted by Gasteiger charge is -2.22. The summed E-state index contributed by atoms with van der Waals surface area (Å²) in [5, 5.41) is 7.11. The third-order valence-electron chi connectivity index (χ3n) is 5.00. The predicted octanol–water partition coefficient (Wildman–Crippen LogP) is 3.67. The minimum absolute atomic E-state index is 0.133. The quantitative estimate of drug-likeness (QED) is 0.784. The SMILES string of the molecule is Cc1ccn2ncnc2c1NC(=O)c1ccc(N2CCCCCC2)cc1.